The Morgan fingerprint density at radius 1 is 1.10 bits per heavy atom. The van der Waals surface area contributed by atoms with Gasteiger partial charge in [-0.05, 0) is 75.2 Å². The standard InChI is InChI=1S/C22H22N4O3/c1-12-7-13(2)9-17(8-12)26-14(3)10-19(25-26)22(28)23-16-5-6-20-18(11-16)24-21(27)15(4)29-20/h5-11,15H,1-4H3,(H,23,28)(H,24,27)/t15-/m0/s1. The lowest BCUT2D eigenvalue weighted by Gasteiger charge is -2.23. The van der Waals surface area contributed by atoms with Gasteiger partial charge in [0.15, 0.2) is 11.8 Å². The van der Waals surface area contributed by atoms with Gasteiger partial charge in [0.2, 0.25) is 0 Å². The van der Waals surface area contributed by atoms with Crippen LogP contribution < -0.4 is 15.4 Å². The molecule has 29 heavy (non-hydrogen) atoms. The average Bonchev–Trinajstić information content (AvgIpc) is 3.04. The zero-order chi connectivity index (χ0) is 20.7. The van der Waals surface area contributed by atoms with E-state index in [1.807, 2.05) is 32.9 Å². The molecule has 148 valence electrons. The second kappa shape index (κ2) is 7.09. The van der Waals surface area contributed by atoms with Crippen LogP contribution >= 0.6 is 0 Å². The summed E-state index contributed by atoms with van der Waals surface area (Å²) < 4.78 is 7.30. The number of hydrogen-bond acceptors (Lipinski definition) is 4. The van der Waals surface area contributed by atoms with Gasteiger partial charge in [-0.2, -0.15) is 5.10 Å². The fourth-order valence-corrected chi connectivity index (χ4v) is 3.40. The van der Waals surface area contributed by atoms with E-state index in [-0.39, 0.29) is 11.8 Å². The maximum absolute atomic E-state index is 12.7. The number of aromatic nitrogens is 2. The Hall–Kier alpha value is -3.61. The van der Waals surface area contributed by atoms with Gasteiger partial charge >= 0.3 is 0 Å². The minimum Gasteiger partial charge on any atom is -0.479 e. The molecule has 3 aromatic rings. The molecule has 0 fully saturated rings. The van der Waals surface area contributed by atoms with Gasteiger partial charge in [0.25, 0.3) is 11.8 Å². The number of benzene rings is 2. The van der Waals surface area contributed by atoms with Crippen LogP contribution in [0.5, 0.6) is 5.75 Å². The van der Waals surface area contributed by atoms with Gasteiger partial charge in [0.1, 0.15) is 5.75 Å². The molecule has 2 N–H and O–H groups in total. The molecular weight excluding hydrogens is 368 g/mol. The number of carbonyl (C=O) groups is 2. The number of hydrogen-bond donors (Lipinski definition) is 2. The van der Waals surface area contributed by atoms with Crippen LogP contribution in [0.3, 0.4) is 0 Å². The summed E-state index contributed by atoms with van der Waals surface area (Å²) in [6.45, 7) is 7.65. The van der Waals surface area contributed by atoms with Gasteiger partial charge < -0.3 is 15.4 Å². The third kappa shape index (κ3) is 3.71. The molecule has 2 amide bonds. The number of fused-ring (bicyclic) bond motifs is 1. The van der Waals surface area contributed by atoms with Crippen LogP contribution in [0.1, 0.15) is 34.2 Å². The second-order valence-corrected chi connectivity index (χ2v) is 7.34. The molecule has 0 saturated heterocycles. The first-order valence-corrected chi connectivity index (χ1v) is 9.38. The number of carbonyl (C=O) groups excluding carboxylic acids is 2. The van der Waals surface area contributed by atoms with Crippen LogP contribution in [0, 0.1) is 20.8 Å². The van der Waals surface area contributed by atoms with E-state index < -0.39 is 6.10 Å². The van der Waals surface area contributed by atoms with Crippen molar-refractivity contribution >= 4 is 23.2 Å². The van der Waals surface area contributed by atoms with Crippen LogP contribution in [-0.4, -0.2) is 27.7 Å². The number of amides is 2. The summed E-state index contributed by atoms with van der Waals surface area (Å²) in [5.74, 6) is 0.0291. The van der Waals surface area contributed by atoms with E-state index in [9.17, 15) is 9.59 Å². The van der Waals surface area contributed by atoms with Crippen molar-refractivity contribution in [3.63, 3.8) is 0 Å². The number of anilines is 2. The summed E-state index contributed by atoms with van der Waals surface area (Å²) in [6, 6.07) is 13.0. The Morgan fingerprint density at radius 2 is 1.83 bits per heavy atom. The fourth-order valence-electron chi connectivity index (χ4n) is 3.40. The molecule has 0 radical (unpaired) electrons. The number of aryl methyl sites for hydroxylation is 3. The Labute approximate surface area is 168 Å². The predicted octanol–water partition coefficient (Wildman–Crippen LogP) is 3.77. The third-order valence-electron chi connectivity index (χ3n) is 4.74. The summed E-state index contributed by atoms with van der Waals surface area (Å²) in [5, 5.41) is 10.1. The summed E-state index contributed by atoms with van der Waals surface area (Å²) in [4.78, 5) is 24.5. The molecule has 7 heteroatoms. The van der Waals surface area contributed by atoms with Gasteiger partial charge in [-0.3, -0.25) is 9.59 Å². The molecule has 2 aromatic carbocycles. The highest BCUT2D eigenvalue weighted by molar-refractivity contribution is 6.04. The highest BCUT2D eigenvalue weighted by Gasteiger charge is 2.24. The van der Waals surface area contributed by atoms with E-state index >= 15 is 0 Å². The number of ether oxygens (including phenoxy) is 1. The Morgan fingerprint density at radius 3 is 2.55 bits per heavy atom. The van der Waals surface area contributed by atoms with Gasteiger partial charge in [-0.25, -0.2) is 4.68 Å². The maximum atomic E-state index is 12.7. The Balaban J connectivity index is 1.57. The number of nitrogens with one attached hydrogen (secondary N) is 2. The van der Waals surface area contributed by atoms with Crippen molar-refractivity contribution in [2.75, 3.05) is 10.6 Å². The first-order valence-electron chi connectivity index (χ1n) is 9.38. The molecule has 4 rings (SSSR count). The smallest absolute Gasteiger partial charge is 0.276 e. The van der Waals surface area contributed by atoms with Crippen molar-refractivity contribution in [1.29, 1.82) is 0 Å². The molecule has 1 aliphatic rings. The minimum absolute atomic E-state index is 0.219. The lowest BCUT2D eigenvalue weighted by molar-refractivity contribution is -0.122. The first-order chi connectivity index (χ1) is 13.8. The molecule has 0 saturated carbocycles. The van der Waals surface area contributed by atoms with Crippen molar-refractivity contribution in [2.24, 2.45) is 0 Å². The lowest BCUT2D eigenvalue weighted by atomic mass is 10.1. The van der Waals surface area contributed by atoms with Crippen LogP contribution in [0.15, 0.2) is 42.5 Å². The van der Waals surface area contributed by atoms with Crippen molar-refractivity contribution < 1.29 is 14.3 Å². The van der Waals surface area contributed by atoms with Crippen molar-refractivity contribution in [3.05, 3.63) is 65.0 Å². The van der Waals surface area contributed by atoms with Crippen molar-refractivity contribution in [1.82, 2.24) is 9.78 Å². The fraction of sp³-hybridized carbons (Fsp3) is 0.227. The van der Waals surface area contributed by atoms with Crippen LogP contribution in [0.2, 0.25) is 0 Å². The number of nitrogens with zero attached hydrogens (tertiary/aromatic N) is 2. The van der Waals surface area contributed by atoms with Gasteiger partial charge in [-0.1, -0.05) is 6.07 Å². The number of rotatable bonds is 3. The summed E-state index contributed by atoms with van der Waals surface area (Å²) in [5.41, 5.74) is 5.44. The van der Waals surface area contributed by atoms with E-state index in [1.54, 1.807) is 35.9 Å². The molecule has 0 spiro atoms. The minimum atomic E-state index is -0.542. The summed E-state index contributed by atoms with van der Waals surface area (Å²) in [6.07, 6.45) is -0.542. The average molecular weight is 390 g/mol. The van der Waals surface area contributed by atoms with E-state index in [0.717, 1.165) is 22.5 Å². The molecule has 0 unspecified atom stereocenters. The second-order valence-electron chi connectivity index (χ2n) is 7.34. The molecular formula is C22H22N4O3. The van der Waals surface area contributed by atoms with Gasteiger partial charge in [-0.15, -0.1) is 0 Å². The van der Waals surface area contributed by atoms with Crippen molar-refractivity contribution in [3.8, 4) is 11.4 Å². The van der Waals surface area contributed by atoms with Gasteiger partial charge in [0.05, 0.1) is 11.4 Å². The van der Waals surface area contributed by atoms with E-state index in [4.69, 9.17) is 4.74 Å². The Bertz CT molecular complexity index is 1110. The van der Waals surface area contributed by atoms with E-state index in [0.29, 0.717) is 22.8 Å². The molecule has 2 heterocycles. The molecule has 7 nitrogen and oxygen atoms in total. The molecule has 1 aromatic heterocycles. The quantitative estimate of drug-likeness (QED) is 0.713. The first kappa shape index (κ1) is 18.7. The zero-order valence-electron chi connectivity index (χ0n) is 16.7. The largest absolute Gasteiger partial charge is 0.479 e. The van der Waals surface area contributed by atoms with Gasteiger partial charge in [0, 0.05) is 11.4 Å². The van der Waals surface area contributed by atoms with Crippen LogP contribution in [-0.2, 0) is 4.79 Å². The SMILES string of the molecule is Cc1cc(C)cc(-n2nc(C(=O)Nc3ccc4c(c3)NC(=O)[C@H](C)O4)cc2C)c1. The predicted molar refractivity (Wildman–Crippen MR) is 111 cm³/mol. The van der Waals surface area contributed by atoms with Crippen molar-refractivity contribution in [2.45, 2.75) is 33.8 Å². The zero-order valence-corrected chi connectivity index (χ0v) is 16.7. The molecule has 1 aliphatic heterocycles. The third-order valence-corrected chi connectivity index (χ3v) is 4.74. The summed E-state index contributed by atoms with van der Waals surface area (Å²) >= 11 is 0. The highest BCUT2D eigenvalue weighted by atomic mass is 16.5. The lowest BCUT2D eigenvalue weighted by Crippen LogP contribution is -2.34. The van der Waals surface area contributed by atoms with Crippen LogP contribution in [0.4, 0.5) is 11.4 Å². The monoisotopic (exact) mass is 390 g/mol. The molecule has 1 atom stereocenters. The van der Waals surface area contributed by atoms with E-state index in [1.165, 1.54) is 0 Å². The summed E-state index contributed by atoms with van der Waals surface area (Å²) in [7, 11) is 0. The Kier molecular flexibility index (Phi) is 4.58. The van der Waals surface area contributed by atoms with E-state index in [2.05, 4.69) is 21.8 Å². The highest BCUT2D eigenvalue weighted by Crippen LogP contribution is 2.32. The maximum Gasteiger partial charge on any atom is 0.276 e. The topological polar surface area (TPSA) is 85.3 Å². The normalized spacial score (nSPS) is 15.3. The molecule has 0 aliphatic carbocycles. The van der Waals surface area contributed by atoms with Crippen LogP contribution in [0.25, 0.3) is 5.69 Å². The molecule has 0 bridgehead atoms.